The molecule has 5 heterocycles. The summed E-state index contributed by atoms with van der Waals surface area (Å²) in [6.45, 7) is 0.0991. The Morgan fingerprint density at radius 2 is 2.24 bits per heavy atom. The number of hydrogen-bond acceptors (Lipinski definition) is 10. The molecule has 2 fully saturated rings. The standard InChI is InChI=1S/C14H15BClN6O6P/c15-29(24)25-3-7-9(28-29)10(27-14(23)21-2-1-17-5-21)13(26-7)22-6-20-8-11(16)18-4-19-12(8)22/h1-2,4-7,9-10,13,24,29H,3,15H2/t7-,9+,10+,13-/m1/s1. The second-order valence-corrected chi connectivity index (χ2v) is 9.34. The van der Waals surface area contributed by atoms with Gasteiger partial charge in [-0.25, -0.2) is 0 Å². The third kappa shape index (κ3) is 3.29. The Labute approximate surface area is 169 Å². The first-order valence-electron chi connectivity index (χ1n) is 8.64. The van der Waals surface area contributed by atoms with E-state index in [2.05, 4.69) is 19.9 Å². The van der Waals surface area contributed by atoms with Crippen molar-refractivity contribution in [1.29, 1.82) is 0 Å². The summed E-state index contributed by atoms with van der Waals surface area (Å²) < 4.78 is 25.7. The molecule has 12 nitrogen and oxygen atoms in total. The molecule has 15 heteroatoms. The SMILES string of the molecule is B[PH]1(O)OC[C@H]2O[C@@H](n3cnc4c(Cl)ncnc43)[C@@H](OC(=O)n3ccnc3)[C@H]2O1. The van der Waals surface area contributed by atoms with Crippen LogP contribution in [0.5, 0.6) is 0 Å². The summed E-state index contributed by atoms with van der Waals surface area (Å²) in [6, 6.07) is 0. The zero-order chi connectivity index (χ0) is 20.2. The van der Waals surface area contributed by atoms with E-state index in [1.807, 2.05) is 0 Å². The zero-order valence-corrected chi connectivity index (χ0v) is 16.7. The van der Waals surface area contributed by atoms with Crippen molar-refractivity contribution in [2.45, 2.75) is 24.5 Å². The number of rotatable bonds is 2. The Hall–Kier alpha value is -2.15. The average Bonchev–Trinajstić information content (AvgIpc) is 3.40. The van der Waals surface area contributed by atoms with Gasteiger partial charge < -0.3 is 0 Å². The van der Waals surface area contributed by atoms with Crippen LogP contribution in [-0.2, 0) is 18.5 Å². The van der Waals surface area contributed by atoms with Gasteiger partial charge in [-0.15, -0.1) is 0 Å². The van der Waals surface area contributed by atoms with Crippen LogP contribution in [-0.4, -0.2) is 72.5 Å². The van der Waals surface area contributed by atoms with Crippen LogP contribution in [0.25, 0.3) is 11.2 Å². The summed E-state index contributed by atoms with van der Waals surface area (Å²) >= 11 is 6.09. The van der Waals surface area contributed by atoms with E-state index in [4.69, 9.17) is 30.1 Å². The number of carbonyl (C=O) groups is 1. The van der Waals surface area contributed by atoms with E-state index >= 15 is 0 Å². The third-order valence-electron chi connectivity index (χ3n) is 4.70. The molecule has 0 amide bonds. The molecule has 152 valence electrons. The van der Waals surface area contributed by atoms with Crippen LogP contribution >= 0.6 is 19.4 Å². The quantitative estimate of drug-likeness (QED) is 0.331. The molecule has 3 aromatic rings. The van der Waals surface area contributed by atoms with Gasteiger partial charge in [0.05, 0.1) is 0 Å². The number of fused-ring (bicyclic) bond motifs is 2. The summed E-state index contributed by atoms with van der Waals surface area (Å²) in [5.74, 6) is 0. The molecule has 0 spiro atoms. The Morgan fingerprint density at radius 3 is 3.03 bits per heavy atom. The fraction of sp³-hybridized carbons (Fsp3) is 0.357. The van der Waals surface area contributed by atoms with Crippen molar-refractivity contribution in [3.8, 4) is 0 Å². The van der Waals surface area contributed by atoms with Gasteiger partial charge in [-0.3, -0.25) is 0 Å². The van der Waals surface area contributed by atoms with Crippen molar-refractivity contribution in [3.05, 3.63) is 36.5 Å². The molecule has 0 aromatic carbocycles. The van der Waals surface area contributed by atoms with E-state index in [1.165, 1.54) is 43.5 Å². The van der Waals surface area contributed by atoms with E-state index in [1.54, 1.807) is 4.57 Å². The molecule has 0 radical (unpaired) electrons. The maximum absolute atomic E-state index is 12.6. The molecule has 1 N–H and O–H groups in total. The molecule has 0 aliphatic carbocycles. The molecular formula is C14H15BClN6O6P. The van der Waals surface area contributed by atoms with Gasteiger partial charge in [0.2, 0.25) is 0 Å². The van der Waals surface area contributed by atoms with Gasteiger partial charge in [0.1, 0.15) is 0 Å². The maximum atomic E-state index is 12.6. The van der Waals surface area contributed by atoms with Crippen LogP contribution in [0.2, 0.25) is 5.15 Å². The van der Waals surface area contributed by atoms with Crippen molar-refractivity contribution in [3.63, 3.8) is 0 Å². The Morgan fingerprint density at radius 1 is 1.38 bits per heavy atom. The van der Waals surface area contributed by atoms with E-state index in [9.17, 15) is 9.69 Å². The topological polar surface area (TPSA) is 136 Å². The van der Waals surface area contributed by atoms with Crippen molar-refractivity contribution in [2.24, 2.45) is 0 Å². The van der Waals surface area contributed by atoms with Gasteiger partial charge >= 0.3 is 169 Å². The van der Waals surface area contributed by atoms with Crippen LogP contribution < -0.4 is 0 Å². The molecule has 0 saturated carbocycles. The molecule has 2 saturated heterocycles. The predicted octanol–water partition coefficient (Wildman–Crippen LogP) is 0.0778. The molecule has 2 aliphatic rings. The minimum atomic E-state index is -3.37. The van der Waals surface area contributed by atoms with E-state index in [0.717, 1.165) is 0 Å². The summed E-state index contributed by atoms with van der Waals surface area (Å²) in [5, 5.41) is 0.186. The van der Waals surface area contributed by atoms with E-state index < -0.39 is 38.5 Å². The van der Waals surface area contributed by atoms with E-state index in [-0.39, 0.29) is 11.8 Å². The average molecular weight is 441 g/mol. The van der Waals surface area contributed by atoms with Crippen molar-refractivity contribution >= 4 is 44.2 Å². The number of hydrogen-bond donors (Lipinski definition) is 1. The molecular weight excluding hydrogens is 425 g/mol. The summed E-state index contributed by atoms with van der Waals surface area (Å²) in [6.07, 6.45) is 3.29. The number of imidazole rings is 2. The summed E-state index contributed by atoms with van der Waals surface area (Å²) in [4.78, 5) is 39.1. The second-order valence-electron chi connectivity index (χ2n) is 6.66. The third-order valence-corrected chi connectivity index (χ3v) is 6.38. The number of ether oxygens (including phenoxy) is 2. The molecule has 0 unspecified atom stereocenters. The number of aromatic nitrogens is 6. The van der Waals surface area contributed by atoms with Crippen LogP contribution in [0.3, 0.4) is 0 Å². The molecule has 3 aromatic heterocycles. The fourth-order valence-corrected chi connectivity index (χ4v) is 4.92. The van der Waals surface area contributed by atoms with Gasteiger partial charge in [-0.05, 0) is 0 Å². The molecule has 29 heavy (non-hydrogen) atoms. The first kappa shape index (κ1) is 18.9. The summed E-state index contributed by atoms with van der Waals surface area (Å²) in [7, 11) is -1.88. The van der Waals surface area contributed by atoms with Crippen LogP contribution in [0.1, 0.15) is 6.23 Å². The number of halogens is 1. The normalized spacial score (nSPS) is 29.4. The zero-order valence-electron chi connectivity index (χ0n) is 15.0. The fourth-order valence-electron chi connectivity index (χ4n) is 3.41. The molecule has 5 rings (SSSR count). The van der Waals surface area contributed by atoms with Crippen LogP contribution in [0.15, 0.2) is 31.4 Å². The Kier molecular flexibility index (Phi) is 4.54. The molecule has 0 bridgehead atoms. The van der Waals surface area contributed by atoms with Gasteiger partial charge in [-0.1, -0.05) is 0 Å². The number of nitrogens with zero attached hydrogens (tertiary/aromatic N) is 6. The predicted molar refractivity (Wildman–Crippen MR) is 102 cm³/mol. The Balaban J connectivity index is 1.53. The van der Waals surface area contributed by atoms with E-state index in [0.29, 0.717) is 11.2 Å². The first-order chi connectivity index (χ1) is 13.9. The monoisotopic (exact) mass is 440 g/mol. The van der Waals surface area contributed by atoms with Gasteiger partial charge in [0.25, 0.3) is 0 Å². The van der Waals surface area contributed by atoms with Crippen molar-refractivity contribution in [2.75, 3.05) is 6.61 Å². The van der Waals surface area contributed by atoms with Gasteiger partial charge in [-0.2, -0.15) is 0 Å². The molecule has 4 atom stereocenters. The van der Waals surface area contributed by atoms with Gasteiger partial charge in [0, 0.05) is 0 Å². The Bertz CT molecular complexity index is 1070. The van der Waals surface area contributed by atoms with Crippen molar-refractivity contribution in [1.82, 2.24) is 29.1 Å². The second kappa shape index (κ2) is 6.97. The van der Waals surface area contributed by atoms with Crippen LogP contribution in [0.4, 0.5) is 4.79 Å². The van der Waals surface area contributed by atoms with Crippen molar-refractivity contribution < 1.29 is 28.2 Å². The number of carbonyl (C=O) groups excluding carboxylic acids is 1. The first-order valence-corrected chi connectivity index (χ1v) is 11.3. The molecule has 2 aliphatic heterocycles. The minimum absolute atomic E-state index is 0.0991. The van der Waals surface area contributed by atoms with Gasteiger partial charge in [0.15, 0.2) is 0 Å². The summed E-state index contributed by atoms with van der Waals surface area (Å²) in [5.41, 5.74) is 0.785. The van der Waals surface area contributed by atoms with Crippen LogP contribution in [0, 0.1) is 0 Å².